The van der Waals surface area contributed by atoms with Crippen LogP contribution in [0.25, 0.3) is 0 Å². The van der Waals surface area contributed by atoms with Crippen molar-refractivity contribution in [3.63, 3.8) is 0 Å². The Morgan fingerprint density at radius 3 is 2.25 bits per heavy atom. The molecule has 4 heteroatoms. The number of nitrogens with zero attached hydrogens (tertiary/aromatic N) is 1. The summed E-state index contributed by atoms with van der Waals surface area (Å²) in [6.45, 7) is 1.99. The average molecular weight is 332 g/mol. The van der Waals surface area contributed by atoms with Gasteiger partial charge in [0.1, 0.15) is 0 Å². The summed E-state index contributed by atoms with van der Waals surface area (Å²) >= 11 is 3.47. The van der Waals surface area contributed by atoms with Crippen molar-refractivity contribution in [1.82, 2.24) is 0 Å². The van der Waals surface area contributed by atoms with Crippen molar-refractivity contribution in [1.29, 1.82) is 0 Å². The largest absolute Gasteiger partial charge is 0.274 e. The predicted molar refractivity (Wildman–Crippen MR) is 79.1 cm³/mol. The Hall–Kier alpha value is -1.42. The van der Waals surface area contributed by atoms with E-state index in [-0.39, 0.29) is 35.5 Å². The molecule has 2 fully saturated rings. The lowest BCUT2D eigenvalue weighted by Crippen LogP contribution is -2.32. The molecule has 4 atom stereocenters. The number of halogens is 1. The fourth-order valence-electron chi connectivity index (χ4n) is 3.88. The van der Waals surface area contributed by atoms with Gasteiger partial charge < -0.3 is 0 Å². The first-order valence-electron chi connectivity index (χ1n) is 6.90. The number of allylic oxidation sites excluding steroid dienone is 2. The molecule has 1 aliphatic heterocycles. The summed E-state index contributed by atoms with van der Waals surface area (Å²) in [6.07, 6.45) is 5.20. The molecular weight excluding hydrogens is 318 g/mol. The minimum Gasteiger partial charge on any atom is -0.274 e. The van der Waals surface area contributed by atoms with E-state index in [9.17, 15) is 9.59 Å². The number of fused-ring (bicyclic) bond motifs is 5. The van der Waals surface area contributed by atoms with Crippen LogP contribution in [0.1, 0.15) is 12.0 Å². The van der Waals surface area contributed by atoms with Crippen molar-refractivity contribution in [3.8, 4) is 0 Å². The molecule has 2 bridgehead atoms. The number of aryl methyl sites for hydroxylation is 1. The molecule has 1 saturated heterocycles. The van der Waals surface area contributed by atoms with Gasteiger partial charge in [-0.25, -0.2) is 4.90 Å². The highest BCUT2D eigenvalue weighted by molar-refractivity contribution is 9.10. The summed E-state index contributed by atoms with van der Waals surface area (Å²) < 4.78 is 0.925. The van der Waals surface area contributed by atoms with Crippen LogP contribution in [0.4, 0.5) is 5.69 Å². The molecule has 1 saturated carbocycles. The van der Waals surface area contributed by atoms with Crippen molar-refractivity contribution in [2.45, 2.75) is 13.3 Å². The minimum atomic E-state index is -0.127. The van der Waals surface area contributed by atoms with Crippen LogP contribution in [0.5, 0.6) is 0 Å². The first-order chi connectivity index (χ1) is 9.58. The highest BCUT2D eigenvalue weighted by atomic mass is 79.9. The molecule has 0 N–H and O–H groups in total. The SMILES string of the molecule is Cc1ccc(N2C(=O)[C@H]3[C@H](C2=O)[C@H]2C=C[C@H]3C2)cc1Br. The van der Waals surface area contributed by atoms with Crippen LogP contribution in [-0.4, -0.2) is 11.8 Å². The molecular formula is C16H14BrNO2. The van der Waals surface area contributed by atoms with E-state index in [0.29, 0.717) is 5.69 Å². The van der Waals surface area contributed by atoms with Gasteiger partial charge >= 0.3 is 0 Å². The number of benzene rings is 1. The van der Waals surface area contributed by atoms with Gasteiger partial charge in [0, 0.05) is 4.47 Å². The van der Waals surface area contributed by atoms with Gasteiger partial charge in [0.2, 0.25) is 11.8 Å². The van der Waals surface area contributed by atoms with E-state index in [1.165, 1.54) is 4.90 Å². The summed E-state index contributed by atoms with van der Waals surface area (Å²) in [5.74, 6) is 0.232. The van der Waals surface area contributed by atoms with Gasteiger partial charge in [-0.1, -0.05) is 34.1 Å². The van der Waals surface area contributed by atoms with Crippen LogP contribution < -0.4 is 4.90 Å². The molecule has 1 heterocycles. The van der Waals surface area contributed by atoms with Crippen molar-refractivity contribution < 1.29 is 9.59 Å². The zero-order valence-electron chi connectivity index (χ0n) is 11.0. The fraction of sp³-hybridized carbons (Fsp3) is 0.375. The number of anilines is 1. The van der Waals surface area contributed by atoms with Gasteiger partial charge in [0.25, 0.3) is 0 Å². The van der Waals surface area contributed by atoms with Crippen molar-refractivity contribution in [3.05, 3.63) is 40.4 Å². The lowest BCUT2D eigenvalue weighted by Gasteiger charge is -2.18. The Morgan fingerprint density at radius 1 is 1.10 bits per heavy atom. The monoisotopic (exact) mass is 331 g/mol. The molecule has 20 heavy (non-hydrogen) atoms. The second kappa shape index (κ2) is 4.04. The molecule has 1 aromatic rings. The Morgan fingerprint density at radius 2 is 1.70 bits per heavy atom. The number of carbonyl (C=O) groups excluding carboxylic acids is 2. The molecule has 4 rings (SSSR count). The third-order valence-electron chi connectivity index (χ3n) is 4.88. The number of imide groups is 1. The number of amides is 2. The predicted octanol–water partition coefficient (Wildman–Crippen LogP) is 3.07. The summed E-state index contributed by atoms with van der Waals surface area (Å²) in [5, 5.41) is 0. The molecule has 2 amide bonds. The maximum absolute atomic E-state index is 12.6. The Labute approximate surface area is 125 Å². The van der Waals surface area contributed by atoms with Gasteiger partial charge in [-0.2, -0.15) is 0 Å². The minimum absolute atomic E-state index is 0.0207. The third-order valence-corrected chi connectivity index (χ3v) is 5.74. The van der Waals surface area contributed by atoms with Crippen LogP contribution >= 0.6 is 15.9 Å². The zero-order valence-corrected chi connectivity index (χ0v) is 12.6. The summed E-state index contributed by atoms with van der Waals surface area (Å²) in [6, 6.07) is 5.65. The third kappa shape index (κ3) is 1.46. The van der Waals surface area contributed by atoms with Crippen molar-refractivity contribution >= 4 is 33.4 Å². The van der Waals surface area contributed by atoms with Crippen molar-refractivity contribution in [2.24, 2.45) is 23.7 Å². The van der Waals surface area contributed by atoms with E-state index in [1.807, 2.05) is 25.1 Å². The maximum atomic E-state index is 12.6. The number of hydrogen-bond acceptors (Lipinski definition) is 2. The maximum Gasteiger partial charge on any atom is 0.238 e. The van der Waals surface area contributed by atoms with Gasteiger partial charge in [-0.3, -0.25) is 9.59 Å². The van der Waals surface area contributed by atoms with Crippen LogP contribution in [0, 0.1) is 30.6 Å². The number of carbonyl (C=O) groups is 2. The van der Waals surface area contributed by atoms with Crippen LogP contribution in [0.2, 0.25) is 0 Å². The first-order valence-corrected chi connectivity index (χ1v) is 7.69. The summed E-state index contributed by atoms with van der Waals surface area (Å²) in [4.78, 5) is 26.7. The van der Waals surface area contributed by atoms with E-state index >= 15 is 0 Å². The lowest BCUT2D eigenvalue weighted by atomic mass is 9.85. The van der Waals surface area contributed by atoms with E-state index in [0.717, 1.165) is 16.5 Å². The highest BCUT2D eigenvalue weighted by Crippen LogP contribution is 2.53. The second-order valence-corrected chi connectivity index (χ2v) is 6.80. The quantitative estimate of drug-likeness (QED) is 0.585. The fourth-order valence-corrected chi connectivity index (χ4v) is 4.24. The molecule has 0 spiro atoms. The van der Waals surface area contributed by atoms with Crippen LogP contribution in [0.15, 0.2) is 34.8 Å². The van der Waals surface area contributed by atoms with Gasteiger partial charge in [0.15, 0.2) is 0 Å². The van der Waals surface area contributed by atoms with Crippen LogP contribution in [0.3, 0.4) is 0 Å². The molecule has 0 unspecified atom stereocenters. The van der Waals surface area contributed by atoms with Gasteiger partial charge in [-0.05, 0) is 42.9 Å². The molecule has 0 radical (unpaired) electrons. The number of hydrogen-bond donors (Lipinski definition) is 0. The molecule has 1 aromatic carbocycles. The zero-order chi connectivity index (χ0) is 14.0. The van der Waals surface area contributed by atoms with Crippen LogP contribution in [-0.2, 0) is 9.59 Å². The average Bonchev–Trinajstić information content (AvgIpc) is 3.08. The number of rotatable bonds is 1. The molecule has 0 aromatic heterocycles. The van der Waals surface area contributed by atoms with Gasteiger partial charge in [-0.15, -0.1) is 0 Å². The van der Waals surface area contributed by atoms with Gasteiger partial charge in [0.05, 0.1) is 17.5 Å². The lowest BCUT2D eigenvalue weighted by molar-refractivity contribution is -0.123. The normalized spacial score (nSPS) is 34.2. The van der Waals surface area contributed by atoms with E-state index < -0.39 is 0 Å². The highest BCUT2D eigenvalue weighted by Gasteiger charge is 2.59. The molecule has 2 aliphatic carbocycles. The molecule has 102 valence electrons. The van der Waals surface area contributed by atoms with E-state index in [1.54, 1.807) is 0 Å². The summed E-state index contributed by atoms with van der Waals surface area (Å²) in [5.41, 5.74) is 1.78. The standard InChI is InChI=1S/C16H14BrNO2/c1-8-2-5-11(7-12(8)17)18-15(19)13-9-3-4-10(6-9)14(13)16(18)20/h2-5,7,9-10,13-14H,6H2,1H3/t9-,10-,13+,14+/m0/s1. The molecule has 3 nitrogen and oxygen atoms in total. The second-order valence-electron chi connectivity index (χ2n) is 5.95. The summed E-state index contributed by atoms with van der Waals surface area (Å²) in [7, 11) is 0. The molecule has 3 aliphatic rings. The Balaban J connectivity index is 1.76. The Kier molecular flexibility index (Phi) is 2.49. The van der Waals surface area contributed by atoms with E-state index in [2.05, 4.69) is 28.1 Å². The van der Waals surface area contributed by atoms with Crippen molar-refractivity contribution in [2.75, 3.05) is 4.90 Å². The smallest absolute Gasteiger partial charge is 0.238 e. The topological polar surface area (TPSA) is 37.4 Å². The van der Waals surface area contributed by atoms with E-state index in [4.69, 9.17) is 0 Å². The first kappa shape index (κ1) is 12.3. The Bertz CT molecular complexity index is 636.